The summed E-state index contributed by atoms with van der Waals surface area (Å²) in [7, 11) is 0. The molecular formula is C17H14FN3OS. The molecule has 1 N–H and O–H groups in total. The van der Waals surface area contributed by atoms with Gasteiger partial charge in [-0.2, -0.15) is 0 Å². The first-order chi connectivity index (χ1) is 11.1. The second kappa shape index (κ2) is 6.75. The fourth-order valence-electron chi connectivity index (χ4n) is 2.08. The Morgan fingerprint density at radius 3 is 2.52 bits per heavy atom. The first kappa shape index (κ1) is 15.4. The zero-order valence-corrected chi connectivity index (χ0v) is 13.2. The zero-order chi connectivity index (χ0) is 16.2. The lowest BCUT2D eigenvalue weighted by Gasteiger charge is -2.07. The van der Waals surface area contributed by atoms with Gasteiger partial charge in [0.2, 0.25) is 5.16 Å². The number of thioether (sulfide) groups is 1. The summed E-state index contributed by atoms with van der Waals surface area (Å²) in [6.07, 6.45) is 0. The maximum Gasteiger partial charge on any atom is 0.209 e. The van der Waals surface area contributed by atoms with Gasteiger partial charge in [0.1, 0.15) is 5.82 Å². The number of aromatic nitrogens is 3. The third kappa shape index (κ3) is 3.65. The smallest absolute Gasteiger partial charge is 0.209 e. The number of Topliss-reactive ketones (excluding diaryl/α,β-unsaturated/α-hetero) is 1. The molecule has 1 aromatic heterocycles. The van der Waals surface area contributed by atoms with Gasteiger partial charge >= 0.3 is 0 Å². The molecule has 4 nitrogen and oxygen atoms in total. The Labute approximate surface area is 137 Å². The summed E-state index contributed by atoms with van der Waals surface area (Å²) >= 11 is 1.27. The number of H-pyrrole nitrogens is 1. The summed E-state index contributed by atoms with van der Waals surface area (Å²) < 4.78 is 12.9. The molecule has 0 bridgehead atoms. The van der Waals surface area contributed by atoms with Gasteiger partial charge in [-0.05, 0) is 31.2 Å². The van der Waals surface area contributed by atoms with E-state index in [0.717, 1.165) is 5.56 Å². The molecular weight excluding hydrogens is 313 g/mol. The Morgan fingerprint density at radius 2 is 1.83 bits per heavy atom. The summed E-state index contributed by atoms with van der Waals surface area (Å²) in [4.78, 5) is 16.7. The van der Waals surface area contributed by atoms with Gasteiger partial charge in [-0.1, -0.05) is 42.1 Å². The summed E-state index contributed by atoms with van der Waals surface area (Å²) in [5.41, 5.74) is 1.41. The summed E-state index contributed by atoms with van der Waals surface area (Å²) in [5.74, 6) is 0.221. The Bertz CT molecular complexity index is 802. The van der Waals surface area contributed by atoms with E-state index in [-0.39, 0.29) is 16.9 Å². The number of carbonyl (C=O) groups excluding carboxylic acids is 1. The molecule has 116 valence electrons. The van der Waals surface area contributed by atoms with Crippen LogP contribution in [0.2, 0.25) is 0 Å². The van der Waals surface area contributed by atoms with E-state index < -0.39 is 0 Å². The number of hydrogen-bond acceptors (Lipinski definition) is 4. The van der Waals surface area contributed by atoms with E-state index in [4.69, 9.17) is 0 Å². The SMILES string of the molecule is C[C@H](Sc1n[nH]c(-c2ccccc2)n1)C(=O)c1ccc(F)cc1. The van der Waals surface area contributed by atoms with Crippen LogP contribution in [0.1, 0.15) is 17.3 Å². The minimum absolute atomic E-state index is 0.0824. The van der Waals surface area contributed by atoms with Crippen molar-refractivity contribution in [2.45, 2.75) is 17.3 Å². The topological polar surface area (TPSA) is 58.6 Å². The fourth-order valence-corrected chi connectivity index (χ4v) is 2.89. The molecule has 2 aromatic carbocycles. The number of halogens is 1. The van der Waals surface area contributed by atoms with Gasteiger partial charge in [0.15, 0.2) is 11.6 Å². The van der Waals surface area contributed by atoms with Crippen molar-refractivity contribution < 1.29 is 9.18 Å². The Morgan fingerprint density at radius 1 is 1.13 bits per heavy atom. The largest absolute Gasteiger partial charge is 0.293 e. The second-order valence-electron chi connectivity index (χ2n) is 4.96. The number of nitrogens with one attached hydrogen (secondary N) is 1. The molecule has 0 saturated carbocycles. The Kier molecular flexibility index (Phi) is 4.52. The molecule has 0 unspecified atom stereocenters. The number of hydrogen-bond donors (Lipinski definition) is 1. The van der Waals surface area contributed by atoms with Crippen LogP contribution >= 0.6 is 11.8 Å². The fraction of sp³-hybridized carbons (Fsp3) is 0.118. The van der Waals surface area contributed by atoms with Crippen molar-refractivity contribution in [2.24, 2.45) is 0 Å². The van der Waals surface area contributed by atoms with Gasteiger partial charge < -0.3 is 0 Å². The van der Waals surface area contributed by atoms with Gasteiger partial charge in [0, 0.05) is 11.1 Å². The normalized spacial score (nSPS) is 12.1. The number of carbonyl (C=O) groups is 1. The van der Waals surface area contributed by atoms with Crippen LogP contribution in [0.4, 0.5) is 4.39 Å². The Balaban J connectivity index is 1.71. The first-order valence-corrected chi connectivity index (χ1v) is 7.96. The summed E-state index contributed by atoms with van der Waals surface area (Å²) in [5, 5.41) is 7.15. The van der Waals surface area contributed by atoms with E-state index in [9.17, 15) is 9.18 Å². The lowest BCUT2D eigenvalue weighted by molar-refractivity contribution is 0.0994. The first-order valence-electron chi connectivity index (χ1n) is 7.08. The standard InChI is InChI=1S/C17H14FN3OS/c1-11(15(22)12-7-9-14(18)10-8-12)23-17-19-16(20-21-17)13-5-3-2-4-6-13/h2-11H,1H3,(H,19,20,21)/t11-/m0/s1. The van der Waals surface area contributed by atoms with Crippen LogP contribution in [0, 0.1) is 5.82 Å². The van der Waals surface area contributed by atoms with Crippen LogP contribution in [0.15, 0.2) is 59.8 Å². The van der Waals surface area contributed by atoms with E-state index in [1.165, 1.54) is 36.0 Å². The molecule has 3 rings (SSSR count). The van der Waals surface area contributed by atoms with Gasteiger partial charge in [-0.25, -0.2) is 9.37 Å². The molecule has 0 amide bonds. The van der Waals surface area contributed by atoms with E-state index in [2.05, 4.69) is 15.2 Å². The van der Waals surface area contributed by atoms with E-state index in [1.54, 1.807) is 6.92 Å². The van der Waals surface area contributed by atoms with Gasteiger partial charge in [-0.15, -0.1) is 5.10 Å². The number of benzene rings is 2. The number of ketones is 1. The van der Waals surface area contributed by atoms with E-state index in [0.29, 0.717) is 16.5 Å². The van der Waals surface area contributed by atoms with Gasteiger partial charge in [0.05, 0.1) is 5.25 Å². The average molecular weight is 327 g/mol. The summed E-state index contributed by atoms with van der Waals surface area (Å²) in [6, 6.07) is 15.2. The molecule has 0 aliphatic heterocycles. The van der Waals surface area contributed by atoms with Crippen LogP contribution in [0.5, 0.6) is 0 Å². The van der Waals surface area contributed by atoms with Crippen LogP contribution in [0.25, 0.3) is 11.4 Å². The Hall–Kier alpha value is -2.47. The number of aromatic amines is 1. The molecule has 3 aromatic rings. The highest BCUT2D eigenvalue weighted by atomic mass is 32.2. The minimum atomic E-state index is -0.361. The maximum atomic E-state index is 12.9. The quantitative estimate of drug-likeness (QED) is 0.569. The number of rotatable bonds is 5. The number of nitrogens with zero attached hydrogens (tertiary/aromatic N) is 2. The van der Waals surface area contributed by atoms with Crippen LogP contribution in [-0.2, 0) is 0 Å². The molecule has 0 spiro atoms. The molecule has 1 atom stereocenters. The highest BCUT2D eigenvalue weighted by molar-refractivity contribution is 8.00. The zero-order valence-electron chi connectivity index (χ0n) is 12.4. The molecule has 0 aliphatic rings. The van der Waals surface area contributed by atoms with Crippen LogP contribution < -0.4 is 0 Å². The van der Waals surface area contributed by atoms with Gasteiger partial charge in [-0.3, -0.25) is 9.89 Å². The highest BCUT2D eigenvalue weighted by Gasteiger charge is 2.19. The van der Waals surface area contributed by atoms with Crippen LogP contribution in [0.3, 0.4) is 0 Å². The third-order valence-corrected chi connectivity index (χ3v) is 4.25. The molecule has 0 radical (unpaired) electrons. The van der Waals surface area contributed by atoms with Crippen LogP contribution in [-0.4, -0.2) is 26.2 Å². The summed E-state index contributed by atoms with van der Waals surface area (Å²) in [6.45, 7) is 1.79. The predicted molar refractivity (Wildman–Crippen MR) is 87.9 cm³/mol. The van der Waals surface area contributed by atoms with Crippen molar-refractivity contribution in [3.8, 4) is 11.4 Å². The lowest BCUT2D eigenvalue weighted by Crippen LogP contribution is -2.13. The predicted octanol–water partition coefficient (Wildman–Crippen LogP) is 3.97. The highest BCUT2D eigenvalue weighted by Crippen LogP contribution is 2.24. The van der Waals surface area contributed by atoms with Crippen molar-refractivity contribution in [2.75, 3.05) is 0 Å². The maximum absolute atomic E-state index is 12.9. The molecule has 0 fully saturated rings. The monoisotopic (exact) mass is 327 g/mol. The van der Waals surface area contributed by atoms with E-state index >= 15 is 0 Å². The second-order valence-corrected chi connectivity index (χ2v) is 6.27. The van der Waals surface area contributed by atoms with Crippen molar-refractivity contribution >= 4 is 17.5 Å². The molecule has 0 saturated heterocycles. The minimum Gasteiger partial charge on any atom is -0.293 e. The molecule has 0 aliphatic carbocycles. The average Bonchev–Trinajstić information content (AvgIpc) is 3.04. The van der Waals surface area contributed by atoms with Crippen molar-refractivity contribution in [1.29, 1.82) is 0 Å². The van der Waals surface area contributed by atoms with Crippen molar-refractivity contribution in [3.63, 3.8) is 0 Å². The van der Waals surface area contributed by atoms with Crippen molar-refractivity contribution in [3.05, 3.63) is 66.0 Å². The third-order valence-electron chi connectivity index (χ3n) is 3.29. The molecule has 1 heterocycles. The molecule has 6 heteroatoms. The molecule has 23 heavy (non-hydrogen) atoms. The van der Waals surface area contributed by atoms with Crippen molar-refractivity contribution in [1.82, 2.24) is 15.2 Å². The van der Waals surface area contributed by atoms with E-state index in [1.807, 2.05) is 30.3 Å². The van der Waals surface area contributed by atoms with Gasteiger partial charge in [0.25, 0.3) is 0 Å². The lowest BCUT2D eigenvalue weighted by atomic mass is 10.1.